The lowest BCUT2D eigenvalue weighted by Gasteiger charge is -2.01. The highest BCUT2D eigenvalue weighted by molar-refractivity contribution is 7.99. The molecular formula is C14H9ClN4S. The SMILES string of the molecule is N#Cc1ccc(Sc2nc3ccc(N)cc3[nH]2)c(Cl)c1. The second-order valence-corrected chi connectivity index (χ2v) is 5.62. The summed E-state index contributed by atoms with van der Waals surface area (Å²) in [6, 6.07) is 12.8. The first-order valence-corrected chi connectivity index (χ1v) is 6.98. The van der Waals surface area contributed by atoms with Crippen LogP contribution in [0, 0.1) is 11.3 Å². The monoisotopic (exact) mass is 300 g/mol. The number of nitrogens with zero attached hydrogens (tertiary/aromatic N) is 2. The van der Waals surface area contributed by atoms with E-state index in [-0.39, 0.29) is 0 Å². The number of nitrogens with one attached hydrogen (secondary N) is 1. The number of benzene rings is 2. The number of halogens is 1. The predicted molar refractivity (Wildman–Crippen MR) is 80.8 cm³/mol. The van der Waals surface area contributed by atoms with E-state index in [1.54, 1.807) is 12.1 Å². The van der Waals surface area contributed by atoms with E-state index in [4.69, 9.17) is 22.6 Å². The third-order valence-corrected chi connectivity index (χ3v) is 4.14. The number of nitrogen functional groups attached to an aromatic ring is 1. The molecule has 0 aliphatic rings. The summed E-state index contributed by atoms with van der Waals surface area (Å²) in [5.74, 6) is 0. The lowest BCUT2D eigenvalue weighted by atomic mass is 10.2. The molecule has 6 heteroatoms. The Kier molecular flexibility index (Phi) is 3.26. The molecule has 0 atom stereocenters. The van der Waals surface area contributed by atoms with Crippen molar-refractivity contribution in [2.45, 2.75) is 10.1 Å². The van der Waals surface area contributed by atoms with Gasteiger partial charge in [0.05, 0.1) is 27.7 Å². The molecule has 0 spiro atoms. The number of aromatic amines is 1. The molecule has 0 saturated heterocycles. The smallest absolute Gasteiger partial charge is 0.171 e. The second-order valence-electron chi connectivity index (χ2n) is 4.18. The first-order valence-electron chi connectivity index (χ1n) is 5.78. The molecule has 3 aromatic rings. The lowest BCUT2D eigenvalue weighted by molar-refractivity contribution is 1.08. The molecule has 0 radical (unpaired) electrons. The molecule has 3 rings (SSSR count). The third-order valence-electron chi connectivity index (χ3n) is 2.75. The van der Waals surface area contributed by atoms with Crippen molar-refractivity contribution in [3.8, 4) is 6.07 Å². The van der Waals surface area contributed by atoms with Crippen LogP contribution in [0.25, 0.3) is 11.0 Å². The lowest BCUT2D eigenvalue weighted by Crippen LogP contribution is -1.82. The molecule has 3 N–H and O–H groups in total. The van der Waals surface area contributed by atoms with Crippen molar-refractivity contribution in [3.05, 3.63) is 47.0 Å². The van der Waals surface area contributed by atoms with Gasteiger partial charge in [-0.1, -0.05) is 23.4 Å². The number of nitrogens with two attached hydrogens (primary N) is 1. The van der Waals surface area contributed by atoms with Crippen molar-refractivity contribution in [1.29, 1.82) is 5.26 Å². The summed E-state index contributed by atoms with van der Waals surface area (Å²) in [7, 11) is 0. The fourth-order valence-electron chi connectivity index (χ4n) is 1.81. The number of hydrogen-bond acceptors (Lipinski definition) is 4. The number of imidazole rings is 1. The molecule has 0 amide bonds. The van der Waals surface area contributed by atoms with Crippen LogP contribution in [-0.4, -0.2) is 9.97 Å². The fourth-order valence-corrected chi connectivity index (χ4v) is 2.91. The molecule has 1 aromatic heterocycles. The minimum Gasteiger partial charge on any atom is -0.399 e. The van der Waals surface area contributed by atoms with Crippen LogP contribution in [0.2, 0.25) is 5.02 Å². The standard InChI is InChI=1S/C14H9ClN4S/c15-10-5-8(7-16)1-4-13(10)20-14-18-11-3-2-9(17)6-12(11)19-14/h1-6H,17H2,(H,18,19). The van der Waals surface area contributed by atoms with Crippen LogP contribution in [0.5, 0.6) is 0 Å². The topological polar surface area (TPSA) is 78.5 Å². The van der Waals surface area contributed by atoms with Gasteiger partial charge in [-0.15, -0.1) is 0 Å². The van der Waals surface area contributed by atoms with Gasteiger partial charge in [-0.2, -0.15) is 5.26 Å². The van der Waals surface area contributed by atoms with Crippen molar-refractivity contribution in [3.63, 3.8) is 0 Å². The van der Waals surface area contributed by atoms with Crippen LogP contribution in [0.3, 0.4) is 0 Å². The van der Waals surface area contributed by atoms with Crippen molar-refractivity contribution >= 4 is 40.1 Å². The van der Waals surface area contributed by atoms with E-state index in [1.165, 1.54) is 11.8 Å². The predicted octanol–water partition coefficient (Wildman–Crippen LogP) is 3.82. The van der Waals surface area contributed by atoms with Crippen molar-refractivity contribution in [2.75, 3.05) is 5.73 Å². The van der Waals surface area contributed by atoms with Crippen molar-refractivity contribution in [2.24, 2.45) is 0 Å². The van der Waals surface area contributed by atoms with Crippen LogP contribution in [0.1, 0.15) is 5.56 Å². The average molecular weight is 301 g/mol. The molecule has 2 aromatic carbocycles. The molecule has 0 unspecified atom stereocenters. The highest BCUT2D eigenvalue weighted by atomic mass is 35.5. The molecule has 20 heavy (non-hydrogen) atoms. The number of nitriles is 1. The average Bonchev–Trinajstić information content (AvgIpc) is 2.82. The highest BCUT2D eigenvalue weighted by Crippen LogP contribution is 2.33. The first-order chi connectivity index (χ1) is 9.65. The van der Waals surface area contributed by atoms with Gasteiger partial charge in [0.2, 0.25) is 0 Å². The summed E-state index contributed by atoms with van der Waals surface area (Å²) < 4.78 is 0. The van der Waals surface area contributed by atoms with Crippen LogP contribution in [0.4, 0.5) is 5.69 Å². The summed E-state index contributed by atoms with van der Waals surface area (Å²) in [6.07, 6.45) is 0. The number of anilines is 1. The first kappa shape index (κ1) is 12.9. The summed E-state index contributed by atoms with van der Waals surface area (Å²) in [6.45, 7) is 0. The van der Waals surface area contributed by atoms with Crippen LogP contribution in [-0.2, 0) is 0 Å². The maximum Gasteiger partial charge on any atom is 0.171 e. The van der Waals surface area contributed by atoms with Gasteiger partial charge in [-0.05, 0) is 36.4 Å². The third kappa shape index (κ3) is 2.44. The zero-order valence-corrected chi connectivity index (χ0v) is 11.8. The zero-order valence-electron chi connectivity index (χ0n) is 10.2. The van der Waals surface area contributed by atoms with Gasteiger partial charge in [0, 0.05) is 10.6 Å². The molecular weight excluding hydrogens is 292 g/mol. The summed E-state index contributed by atoms with van der Waals surface area (Å²) in [5.41, 5.74) is 8.70. The van der Waals surface area contributed by atoms with E-state index < -0.39 is 0 Å². The van der Waals surface area contributed by atoms with E-state index in [2.05, 4.69) is 16.0 Å². The number of fused-ring (bicyclic) bond motifs is 1. The Hall–Kier alpha value is -2.16. The normalized spacial score (nSPS) is 10.6. The fraction of sp³-hybridized carbons (Fsp3) is 0. The van der Waals surface area contributed by atoms with Gasteiger partial charge in [0.15, 0.2) is 5.16 Å². The van der Waals surface area contributed by atoms with Gasteiger partial charge < -0.3 is 10.7 Å². The van der Waals surface area contributed by atoms with Crippen LogP contribution in [0.15, 0.2) is 46.5 Å². The Morgan fingerprint density at radius 1 is 1.25 bits per heavy atom. The van der Waals surface area contributed by atoms with E-state index in [1.807, 2.05) is 24.3 Å². The Bertz CT molecular complexity index is 835. The van der Waals surface area contributed by atoms with E-state index in [9.17, 15) is 0 Å². The Labute approximate surface area is 124 Å². The minimum absolute atomic E-state index is 0.536. The maximum atomic E-state index is 8.82. The zero-order chi connectivity index (χ0) is 14.1. The van der Waals surface area contributed by atoms with E-state index in [0.717, 1.165) is 21.1 Å². The summed E-state index contributed by atoms with van der Waals surface area (Å²) in [4.78, 5) is 8.50. The van der Waals surface area contributed by atoms with E-state index in [0.29, 0.717) is 16.3 Å². The number of rotatable bonds is 2. The molecule has 0 saturated carbocycles. The van der Waals surface area contributed by atoms with Gasteiger partial charge >= 0.3 is 0 Å². The Balaban J connectivity index is 1.95. The quantitative estimate of drug-likeness (QED) is 0.705. The number of H-pyrrole nitrogens is 1. The van der Waals surface area contributed by atoms with Crippen LogP contribution < -0.4 is 5.73 Å². The molecule has 0 aliphatic heterocycles. The molecule has 0 bridgehead atoms. The molecule has 1 heterocycles. The van der Waals surface area contributed by atoms with E-state index >= 15 is 0 Å². The Morgan fingerprint density at radius 3 is 2.85 bits per heavy atom. The molecule has 0 fully saturated rings. The molecule has 4 nitrogen and oxygen atoms in total. The maximum absolute atomic E-state index is 8.82. The Morgan fingerprint density at radius 2 is 2.10 bits per heavy atom. The summed E-state index contributed by atoms with van der Waals surface area (Å²) in [5, 5.41) is 10.1. The van der Waals surface area contributed by atoms with Gasteiger partial charge in [0.25, 0.3) is 0 Å². The van der Waals surface area contributed by atoms with Gasteiger partial charge in [-0.3, -0.25) is 0 Å². The molecule has 0 aliphatic carbocycles. The summed E-state index contributed by atoms with van der Waals surface area (Å²) >= 11 is 7.56. The second kappa shape index (κ2) is 5.08. The highest BCUT2D eigenvalue weighted by Gasteiger charge is 2.08. The van der Waals surface area contributed by atoms with Gasteiger partial charge in [0.1, 0.15) is 0 Å². The van der Waals surface area contributed by atoms with Gasteiger partial charge in [-0.25, -0.2) is 4.98 Å². The minimum atomic E-state index is 0.536. The largest absolute Gasteiger partial charge is 0.399 e. The number of hydrogen-bond donors (Lipinski definition) is 2. The molecule has 98 valence electrons. The number of aromatic nitrogens is 2. The van der Waals surface area contributed by atoms with Crippen LogP contribution >= 0.6 is 23.4 Å². The van der Waals surface area contributed by atoms with Crippen molar-refractivity contribution < 1.29 is 0 Å². The van der Waals surface area contributed by atoms with Crippen molar-refractivity contribution in [1.82, 2.24) is 9.97 Å².